The van der Waals surface area contributed by atoms with E-state index in [1.807, 2.05) is 0 Å². The summed E-state index contributed by atoms with van der Waals surface area (Å²) in [5.41, 5.74) is 0. The van der Waals surface area contributed by atoms with Crippen molar-refractivity contribution in [2.24, 2.45) is 47.3 Å². The van der Waals surface area contributed by atoms with Gasteiger partial charge in [-0.15, -0.1) is 0 Å². The van der Waals surface area contributed by atoms with Crippen molar-refractivity contribution < 1.29 is 4.79 Å². The average molecular weight is 369 g/mol. The zero-order chi connectivity index (χ0) is 17.7. The second kappa shape index (κ2) is 5.74. The topological polar surface area (TPSA) is 32.3 Å². The number of rotatable bonds is 0. The number of fused-ring (bicyclic) bond motifs is 3. The van der Waals surface area contributed by atoms with Crippen molar-refractivity contribution >= 4 is 5.91 Å². The van der Waals surface area contributed by atoms with Crippen LogP contribution in [-0.2, 0) is 4.79 Å². The van der Waals surface area contributed by atoms with Gasteiger partial charge in [0, 0.05) is 18.0 Å². The predicted molar refractivity (Wildman–Crippen MR) is 105 cm³/mol. The highest BCUT2D eigenvalue weighted by molar-refractivity contribution is 5.81. The fourth-order valence-corrected chi connectivity index (χ4v) is 10.1. The maximum absolute atomic E-state index is 13.9. The lowest BCUT2D eigenvalue weighted by atomic mass is 9.54. The fourth-order valence-electron chi connectivity index (χ4n) is 10.1. The van der Waals surface area contributed by atoms with Crippen LogP contribution in [-0.4, -0.2) is 29.1 Å². The van der Waals surface area contributed by atoms with Crippen LogP contribution >= 0.6 is 0 Å². The van der Waals surface area contributed by atoms with Crippen LogP contribution in [0.4, 0.5) is 0 Å². The van der Waals surface area contributed by atoms with E-state index >= 15 is 0 Å². The lowest BCUT2D eigenvalue weighted by Crippen LogP contribution is -2.76. The van der Waals surface area contributed by atoms with E-state index in [1.165, 1.54) is 77.0 Å². The molecule has 27 heavy (non-hydrogen) atoms. The maximum Gasteiger partial charge on any atom is 0.227 e. The van der Waals surface area contributed by atoms with Gasteiger partial charge in [-0.05, 0) is 92.8 Å². The van der Waals surface area contributed by atoms with E-state index in [9.17, 15) is 4.79 Å². The molecule has 3 nitrogen and oxygen atoms in total. The van der Waals surface area contributed by atoms with Crippen molar-refractivity contribution in [2.75, 3.05) is 0 Å². The van der Waals surface area contributed by atoms with Gasteiger partial charge in [0.1, 0.15) is 0 Å². The summed E-state index contributed by atoms with van der Waals surface area (Å²) in [5.74, 6) is 6.98. The summed E-state index contributed by atoms with van der Waals surface area (Å²) in [6.45, 7) is 0. The molecule has 0 radical (unpaired) electrons. The van der Waals surface area contributed by atoms with Crippen molar-refractivity contribution in [1.82, 2.24) is 10.2 Å². The van der Waals surface area contributed by atoms with Gasteiger partial charge in [-0.3, -0.25) is 10.1 Å². The Morgan fingerprint density at radius 2 is 1.41 bits per heavy atom. The van der Waals surface area contributed by atoms with Gasteiger partial charge in [0.05, 0.1) is 6.17 Å². The molecule has 1 N–H and O–H groups in total. The van der Waals surface area contributed by atoms with Crippen LogP contribution in [0.15, 0.2) is 0 Å². The van der Waals surface area contributed by atoms with Gasteiger partial charge in [-0.1, -0.05) is 25.7 Å². The van der Waals surface area contributed by atoms with Crippen molar-refractivity contribution in [3.05, 3.63) is 0 Å². The molecule has 148 valence electrons. The lowest BCUT2D eigenvalue weighted by Gasteiger charge is -2.65. The van der Waals surface area contributed by atoms with Crippen LogP contribution < -0.4 is 5.32 Å². The number of hydrogen-bond donors (Lipinski definition) is 1. The number of nitrogens with one attached hydrogen (secondary N) is 1. The fraction of sp³-hybridized carbons (Fsp3) is 0.958. The van der Waals surface area contributed by atoms with Crippen molar-refractivity contribution in [3.8, 4) is 0 Å². The third kappa shape index (κ3) is 2.05. The van der Waals surface area contributed by atoms with E-state index < -0.39 is 0 Å². The molecule has 7 fully saturated rings. The maximum atomic E-state index is 13.9. The van der Waals surface area contributed by atoms with Crippen molar-refractivity contribution in [2.45, 2.75) is 95.3 Å². The Bertz CT molecular complexity index is 638. The zero-order valence-electron chi connectivity index (χ0n) is 16.7. The number of carbonyl (C=O) groups is 1. The monoisotopic (exact) mass is 368 g/mol. The number of amides is 1. The van der Waals surface area contributed by atoms with Gasteiger partial charge in [0.15, 0.2) is 0 Å². The Morgan fingerprint density at radius 1 is 0.704 bits per heavy atom. The Labute approximate surface area is 164 Å². The number of hydrogen-bond acceptors (Lipinski definition) is 2. The van der Waals surface area contributed by atoms with Gasteiger partial charge in [0.2, 0.25) is 5.91 Å². The second-order valence-corrected chi connectivity index (χ2v) is 11.4. The van der Waals surface area contributed by atoms with E-state index in [1.54, 1.807) is 0 Å². The van der Waals surface area contributed by atoms with E-state index in [0.717, 1.165) is 35.5 Å². The smallest absolute Gasteiger partial charge is 0.227 e. The van der Waals surface area contributed by atoms with E-state index in [0.29, 0.717) is 36.0 Å². The highest BCUT2D eigenvalue weighted by Gasteiger charge is 2.62. The molecule has 7 aliphatic rings. The zero-order valence-corrected chi connectivity index (χ0v) is 16.7. The summed E-state index contributed by atoms with van der Waals surface area (Å²) in [6, 6.07) is 1.30. The summed E-state index contributed by atoms with van der Waals surface area (Å²) in [6.07, 6.45) is 17.0. The van der Waals surface area contributed by atoms with Gasteiger partial charge in [-0.25, -0.2) is 0 Å². The Hall–Kier alpha value is -0.570. The molecule has 11 atom stereocenters. The van der Waals surface area contributed by atoms with Crippen LogP contribution in [0.3, 0.4) is 0 Å². The molecule has 2 saturated heterocycles. The van der Waals surface area contributed by atoms with E-state index in [4.69, 9.17) is 0 Å². The summed E-state index contributed by atoms with van der Waals surface area (Å²) in [4.78, 5) is 16.4. The van der Waals surface area contributed by atoms with Crippen LogP contribution in [0.2, 0.25) is 0 Å². The van der Waals surface area contributed by atoms with Crippen LogP contribution in [0.25, 0.3) is 0 Å². The molecule has 0 aromatic rings. The summed E-state index contributed by atoms with van der Waals surface area (Å²) >= 11 is 0. The van der Waals surface area contributed by atoms with Crippen molar-refractivity contribution in [1.29, 1.82) is 0 Å². The highest BCUT2D eigenvalue weighted by Crippen LogP contribution is 2.60. The molecule has 1 amide bonds. The predicted octanol–water partition coefficient (Wildman–Crippen LogP) is 4.17. The molecule has 7 rings (SSSR count). The van der Waals surface area contributed by atoms with Gasteiger partial charge in [-0.2, -0.15) is 0 Å². The first-order valence-corrected chi connectivity index (χ1v) is 12.4. The first-order chi connectivity index (χ1) is 13.3. The van der Waals surface area contributed by atoms with Crippen LogP contribution in [0.5, 0.6) is 0 Å². The molecule has 0 bridgehead atoms. The third-order valence-corrected chi connectivity index (χ3v) is 10.8. The molecule has 2 aliphatic heterocycles. The minimum atomic E-state index is 0.379. The molecule has 2 heterocycles. The molecule has 0 aromatic carbocycles. The largest absolute Gasteiger partial charge is 0.323 e. The van der Waals surface area contributed by atoms with Crippen LogP contribution in [0.1, 0.15) is 77.0 Å². The quantitative estimate of drug-likeness (QED) is 0.696. The van der Waals surface area contributed by atoms with Crippen molar-refractivity contribution in [3.63, 3.8) is 0 Å². The average Bonchev–Trinajstić information content (AvgIpc) is 3.14. The standard InChI is InChI=1S/C24H36N2O/c27-24-17-6-2-4-13-3-1-5-16(21(13)17)23-25-18-11-9-14-7-8-15-10-12-19(26(23)24)22(18)20(14)15/h13-23,25H,1-12H2. The molecule has 3 heteroatoms. The number of piperidine rings is 1. The van der Waals surface area contributed by atoms with E-state index in [-0.39, 0.29) is 0 Å². The Kier molecular flexibility index (Phi) is 3.45. The van der Waals surface area contributed by atoms with Gasteiger partial charge >= 0.3 is 0 Å². The second-order valence-electron chi connectivity index (χ2n) is 11.4. The number of nitrogens with zero attached hydrogens (tertiary/aromatic N) is 1. The number of carbonyl (C=O) groups excluding carboxylic acids is 1. The van der Waals surface area contributed by atoms with Gasteiger partial charge in [0.25, 0.3) is 0 Å². The van der Waals surface area contributed by atoms with E-state index in [2.05, 4.69) is 10.2 Å². The third-order valence-electron chi connectivity index (χ3n) is 10.8. The Morgan fingerprint density at radius 3 is 2.26 bits per heavy atom. The molecular formula is C24H36N2O. The SMILES string of the molecule is O=C1C2CCCC3CCCC(C32)C2NC3CCC4CCC5CCC(C3C45)N12. The first kappa shape index (κ1) is 16.3. The molecule has 5 aliphatic carbocycles. The first-order valence-electron chi connectivity index (χ1n) is 12.4. The molecule has 11 unspecified atom stereocenters. The summed E-state index contributed by atoms with van der Waals surface area (Å²) < 4.78 is 0. The summed E-state index contributed by atoms with van der Waals surface area (Å²) in [5, 5.41) is 4.18. The minimum Gasteiger partial charge on any atom is -0.323 e. The normalized spacial score (nSPS) is 58.3. The lowest BCUT2D eigenvalue weighted by molar-refractivity contribution is -0.186. The molecule has 0 aromatic heterocycles. The molecule has 0 spiro atoms. The summed E-state index contributed by atoms with van der Waals surface area (Å²) in [7, 11) is 0. The molecular weight excluding hydrogens is 332 g/mol. The molecule has 5 saturated carbocycles. The van der Waals surface area contributed by atoms with Gasteiger partial charge < -0.3 is 4.90 Å². The Balaban J connectivity index is 1.29. The highest BCUT2D eigenvalue weighted by atomic mass is 16.2. The van der Waals surface area contributed by atoms with Crippen LogP contribution in [0, 0.1) is 47.3 Å². The minimum absolute atomic E-state index is 0.379.